The maximum atomic E-state index is 14.1. The molecule has 0 saturated carbocycles. The molecular formula is C24H25BFN4O11P. The number of hydrogen-bond donors (Lipinski definition) is 6. The number of carbonyl (C=O) groups is 5. The Morgan fingerprint density at radius 3 is 2.38 bits per heavy atom. The molecule has 42 heavy (non-hydrogen) atoms. The number of likely N-dealkylation sites (N-methyl/N-ethyl adjacent to an activating group) is 1. The normalized spacial score (nSPS) is 17.7. The first-order chi connectivity index (χ1) is 19.7. The number of nitrogens with one attached hydrogen (secondary N) is 2. The summed E-state index contributed by atoms with van der Waals surface area (Å²) >= 11 is 0. The molecule has 2 aromatic rings. The Balaban J connectivity index is 1.60. The van der Waals surface area contributed by atoms with E-state index in [9.17, 15) is 52.8 Å². The van der Waals surface area contributed by atoms with E-state index in [1.165, 1.54) is 11.0 Å². The summed E-state index contributed by atoms with van der Waals surface area (Å²) in [4.78, 5) is 83.5. The van der Waals surface area contributed by atoms with E-state index in [4.69, 9.17) is 4.65 Å². The van der Waals surface area contributed by atoms with E-state index < -0.39 is 73.5 Å². The number of imide groups is 1. The van der Waals surface area contributed by atoms with E-state index in [2.05, 4.69) is 10.6 Å². The summed E-state index contributed by atoms with van der Waals surface area (Å²) in [7, 11) is -6.49. The first kappa shape index (κ1) is 30.6. The number of carboxylic acid groups (broad SMARTS) is 1. The molecule has 0 radical (unpaired) electrons. The Kier molecular flexibility index (Phi) is 8.68. The molecule has 6 N–H and O–H groups in total. The Hall–Kier alpha value is -4.31. The van der Waals surface area contributed by atoms with Gasteiger partial charge in [-0.1, -0.05) is 18.2 Å². The van der Waals surface area contributed by atoms with Gasteiger partial charge in [0.15, 0.2) is 0 Å². The van der Waals surface area contributed by atoms with Crippen molar-refractivity contribution in [3.8, 4) is 5.75 Å². The van der Waals surface area contributed by atoms with Gasteiger partial charge < -0.3 is 40.1 Å². The predicted molar refractivity (Wildman–Crippen MR) is 141 cm³/mol. The molecule has 0 bridgehead atoms. The van der Waals surface area contributed by atoms with Crippen molar-refractivity contribution in [2.45, 2.75) is 25.3 Å². The van der Waals surface area contributed by atoms with Crippen LogP contribution in [0, 0.1) is 5.82 Å². The summed E-state index contributed by atoms with van der Waals surface area (Å²) in [5.74, 6) is -7.35. The quantitative estimate of drug-likeness (QED) is 0.126. The lowest BCUT2D eigenvalue weighted by Gasteiger charge is -2.33. The van der Waals surface area contributed by atoms with Crippen LogP contribution in [0.15, 0.2) is 36.4 Å². The van der Waals surface area contributed by atoms with E-state index in [1.54, 1.807) is 6.92 Å². The van der Waals surface area contributed by atoms with Crippen molar-refractivity contribution < 1.29 is 57.5 Å². The third-order valence-electron chi connectivity index (χ3n) is 6.78. The van der Waals surface area contributed by atoms with Crippen LogP contribution in [0.3, 0.4) is 0 Å². The minimum Gasteiger partial charge on any atom is -0.534 e. The topological polar surface area (TPSA) is 223 Å². The lowest BCUT2D eigenvalue weighted by atomic mass is 9.72. The number of rotatable bonds is 7. The maximum absolute atomic E-state index is 14.1. The van der Waals surface area contributed by atoms with Gasteiger partial charge in [0.05, 0.1) is 11.2 Å². The smallest absolute Gasteiger partial charge is 0.534 e. The van der Waals surface area contributed by atoms with Crippen LogP contribution in [-0.4, -0.2) is 92.1 Å². The minimum absolute atomic E-state index is 0.0193. The highest BCUT2D eigenvalue weighted by atomic mass is 31.2. The second-order valence-electron chi connectivity index (χ2n) is 9.40. The number of carbonyl (C=O) groups excluding carboxylic acids is 4. The van der Waals surface area contributed by atoms with Crippen molar-refractivity contribution in [3.05, 3.63) is 58.9 Å². The van der Waals surface area contributed by atoms with Crippen LogP contribution in [0.2, 0.25) is 0 Å². The highest BCUT2D eigenvalue weighted by Gasteiger charge is 2.41. The molecule has 2 aromatic carbocycles. The Labute approximate surface area is 237 Å². The molecular weight excluding hydrogens is 581 g/mol. The molecule has 0 spiro atoms. The van der Waals surface area contributed by atoms with Crippen LogP contribution in [0.4, 0.5) is 9.18 Å². The SMILES string of the molecule is CCN1CCN(C(=O)NC(C(=O)NC2Cc3ccc(F)c(C(=O)O)c3OB2O)c2ccc(P(=O)(O)O)cc2)C(=O)C1=O. The number of fused-ring (bicyclic) bond motifs is 1. The van der Waals surface area contributed by atoms with Gasteiger partial charge in [0.2, 0.25) is 5.91 Å². The first-order valence-electron chi connectivity index (χ1n) is 12.5. The second-order valence-corrected chi connectivity index (χ2v) is 11.0. The number of nitrogens with zero attached hydrogens (tertiary/aromatic N) is 2. The second kappa shape index (κ2) is 11.9. The molecule has 2 atom stereocenters. The van der Waals surface area contributed by atoms with Gasteiger partial charge in [-0.15, -0.1) is 0 Å². The van der Waals surface area contributed by atoms with E-state index in [1.807, 2.05) is 0 Å². The maximum Gasteiger partial charge on any atom is 0.547 e. The Morgan fingerprint density at radius 1 is 1.12 bits per heavy atom. The van der Waals surface area contributed by atoms with Crippen LogP contribution in [0.5, 0.6) is 5.75 Å². The molecule has 1 saturated heterocycles. The highest BCUT2D eigenvalue weighted by Crippen LogP contribution is 2.34. The van der Waals surface area contributed by atoms with E-state index in [-0.39, 0.29) is 42.5 Å². The van der Waals surface area contributed by atoms with Crippen molar-refractivity contribution in [3.63, 3.8) is 0 Å². The van der Waals surface area contributed by atoms with Crippen molar-refractivity contribution in [1.29, 1.82) is 0 Å². The van der Waals surface area contributed by atoms with Crippen molar-refractivity contribution in [2.75, 3.05) is 19.6 Å². The molecule has 2 aliphatic heterocycles. The number of piperazine rings is 1. The van der Waals surface area contributed by atoms with Gasteiger partial charge in [0.25, 0.3) is 0 Å². The first-order valence-corrected chi connectivity index (χ1v) is 14.1. The summed E-state index contributed by atoms with van der Waals surface area (Å²) < 4.78 is 30.9. The van der Waals surface area contributed by atoms with Gasteiger partial charge in [-0.05, 0) is 42.7 Å². The molecule has 5 amide bonds. The zero-order valence-electron chi connectivity index (χ0n) is 21.9. The number of urea groups is 1. The Morgan fingerprint density at radius 2 is 1.79 bits per heavy atom. The monoisotopic (exact) mass is 606 g/mol. The molecule has 2 aliphatic rings. The number of amides is 5. The molecule has 0 aromatic heterocycles. The van der Waals surface area contributed by atoms with Crippen molar-refractivity contribution >= 4 is 49.7 Å². The van der Waals surface area contributed by atoms with E-state index in [0.29, 0.717) is 4.90 Å². The van der Waals surface area contributed by atoms with Gasteiger partial charge in [-0.3, -0.25) is 23.8 Å². The Bertz CT molecular complexity index is 1500. The van der Waals surface area contributed by atoms with E-state index >= 15 is 0 Å². The standard InChI is InChI=1S/C24H25BFN4O11P/c1-2-29-9-10-30(22(33)21(29)32)24(36)28-18(12-3-6-14(7-4-12)42(38,39)40)20(31)27-16-11-13-5-8-15(26)17(23(34)35)19(13)41-25(16)37/h3-8,16,18,37H,2,9-11H2,1H3,(H,27,31)(H,28,36)(H,34,35)(H2,38,39,40). The van der Waals surface area contributed by atoms with Gasteiger partial charge in [0.1, 0.15) is 23.2 Å². The van der Waals surface area contributed by atoms with Crippen molar-refractivity contribution in [1.82, 2.24) is 20.4 Å². The lowest BCUT2D eigenvalue weighted by molar-refractivity contribution is -0.153. The molecule has 2 heterocycles. The number of benzene rings is 2. The molecule has 18 heteroatoms. The summed E-state index contributed by atoms with van der Waals surface area (Å²) in [5.41, 5.74) is -0.617. The minimum atomic E-state index is -4.65. The molecule has 15 nitrogen and oxygen atoms in total. The van der Waals surface area contributed by atoms with Crippen LogP contribution in [0.1, 0.15) is 34.5 Å². The van der Waals surface area contributed by atoms with Crippen LogP contribution in [-0.2, 0) is 25.4 Å². The molecule has 0 aliphatic carbocycles. The lowest BCUT2D eigenvalue weighted by Crippen LogP contribution is -2.60. The van der Waals surface area contributed by atoms with Gasteiger partial charge in [-0.2, -0.15) is 0 Å². The molecule has 4 rings (SSSR count). The number of halogens is 1. The highest BCUT2D eigenvalue weighted by molar-refractivity contribution is 7.60. The zero-order chi connectivity index (χ0) is 30.9. The van der Waals surface area contributed by atoms with E-state index in [0.717, 1.165) is 30.3 Å². The van der Waals surface area contributed by atoms with Crippen LogP contribution in [0.25, 0.3) is 0 Å². The van der Waals surface area contributed by atoms with Crippen LogP contribution >= 0.6 is 7.60 Å². The number of carboxylic acids is 1. The third-order valence-corrected chi connectivity index (χ3v) is 7.75. The number of aromatic carboxylic acids is 1. The fourth-order valence-corrected chi connectivity index (χ4v) is 5.10. The molecule has 222 valence electrons. The van der Waals surface area contributed by atoms with Gasteiger partial charge in [-0.25, -0.2) is 14.0 Å². The average molecular weight is 606 g/mol. The fourth-order valence-electron chi connectivity index (χ4n) is 4.56. The summed E-state index contributed by atoms with van der Waals surface area (Å²) in [6, 6.07) is 3.80. The summed E-state index contributed by atoms with van der Waals surface area (Å²) in [6.45, 7) is 1.80. The van der Waals surface area contributed by atoms with Gasteiger partial charge in [0, 0.05) is 19.6 Å². The predicted octanol–water partition coefficient (Wildman–Crippen LogP) is -1.09. The zero-order valence-corrected chi connectivity index (χ0v) is 22.8. The van der Waals surface area contributed by atoms with Gasteiger partial charge >= 0.3 is 38.5 Å². The third kappa shape index (κ3) is 6.13. The van der Waals surface area contributed by atoms with Crippen LogP contribution < -0.4 is 20.6 Å². The number of hydrogen-bond acceptors (Lipinski definition) is 8. The summed E-state index contributed by atoms with van der Waals surface area (Å²) in [5, 5.41) is 24.3. The summed E-state index contributed by atoms with van der Waals surface area (Å²) in [6.07, 6.45) is -0.202. The van der Waals surface area contributed by atoms with Crippen molar-refractivity contribution in [2.24, 2.45) is 0 Å². The molecule has 2 unspecified atom stereocenters. The fraction of sp³-hybridized carbons (Fsp3) is 0.292. The average Bonchev–Trinajstić information content (AvgIpc) is 2.93. The largest absolute Gasteiger partial charge is 0.547 e. The molecule has 1 fully saturated rings.